The lowest BCUT2D eigenvalue weighted by atomic mass is 9.86. The molecule has 2 aromatic carbocycles. The predicted molar refractivity (Wildman–Crippen MR) is 105 cm³/mol. The van der Waals surface area contributed by atoms with E-state index in [0.717, 1.165) is 18.4 Å². The molecule has 0 unspecified atom stereocenters. The Morgan fingerprint density at radius 1 is 0.880 bits per heavy atom. The lowest BCUT2D eigenvalue weighted by Gasteiger charge is -2.19. The van der Waals surface area contributed by atoms with E-state index in [1.165, 1.54) is 42.4 Å². The SMILES string of the molecule is CC(C)S(=O)(=O)Cc1ccc(CCc2cccc3c2CCCC3)cc1. The maximum Gasteiger partial charge on any atom is 0.156 e. The van der Waals surface area contributed by atoms with Crippen LogP contribution in [0.25, 0.3) is 0 Å². The molecule has 0 N–H and O–H groups in total. The summed E-state index contributed by atoms with van der Waals surface area (Å²) >= 11 is 0. The van der Waals surface area contributed by atoms with E-state index < -0.39 is 9.84 Å². The third kappa shape index (κ3) is 4.52. The predicted octanol–water partition coefficient (Wildman–Crippen LogP) is 4.67. The maximum atomic E-state index is 12.0. The molecule has 134 valence electrons. The van der Waals surface area contributed by atoms with Crippen molar-refractivity contribution in [3.63, 3.8) is 0 Å². The molecule has 3 heteroatoms. The number of benzene rings is 2. The fourth-order valence-electron chi connectivity index (χ4n) is 3.57. The second kappa shape index (κ2) is 7.74. The first-order chi connectivity index (χ1) is 12.0. The summed E-state index contributed by atoms with van der Waals surface area (Å²) in [6.07, 6.45) is 7.14. The van der Waals surface area contributed by atoms with Crippen molar-refractivity contribution >= 4 is 9.84 Å². The molecule has 25 heavy (non-hydrogen) atoms. The number of rotatable bonds is 6. The van der Waals surface area contributed by atoms with Crippen molar-refractivity contribution in [3.8, 4) is 0 Å². The summed E-state index contributed by atoms with van der Waals surface area (Å²) < 4.78 is 24.1. The largest absolute Gasteiger partial charge is 0.228 e. The van der Waals surface area contributed by atoms with Gasteiger partial charge in [0.2, 0.25) is 0 Å². The standard InChI is InChI=1S/C22H28O2S/c1-17(2)25(23,24)16-19-12-10-18(11-13-19)14-15-21-8-5-7-20-6-3-4-9-22(20)21/h5,7-8,10-13,17H,3-4,6,9,14-16H2,1-2H3. The first kappa shape index (κ1) is 18.2. The molecule has 0 bridgehead atoms. The number of hydrogen-bond acceptors (Lipinski definition) is 2. The van der Waals surface area contributed by atoms with E-state index in [-0.39, 0.29) is 11.0 Å². The van der Waals surface area contributed by atoms with E-state index in [0.29, 0.717) is 0 Å². The molecule has 0 radical (unpaired) electrons. The summed E-state index contributed by atoms with van der Waals surface area (Å²) in [7, 11) is -3.03. The van der Waals surface area contributed by atoms with E-state index in [1.807, 2.05) is 12.1 Å². The molecular formula is C22H28O2S. The van der Waals surface area contributed by atoms with Gasteiger partial charge in [0, 0.05) is 0 Å². The molecule has 1 aliphatic carbocycles. The zero-order chi connectivity index (χ0) is 17.9. The van der Waals surface area contributed by atoms with E-state index >= 15 is 0 Å². The molecule has 2 aromatic rings. The second-order valence-electron chi connectivity index (χ2n) is 7.43. The van der Waals surface area contributed by atoms with Gasteiger partial charge < -0.3 is 0 Å². The Balaban J connectivity index is 1.65. The average molecular weight is 357 g/mol. The average Bonchev–Trinajstić information content (AvgIpc) is 2.60. The maximum absolute atomic E-state index is 12.0. The number of sulfone groups is 1. The van der Waals surface area contributed by atoms with Crippen LogP contribution in [0.5, 0.6) is 0 Å². The van der Waals surface area contributed by atoms with Crippen LogP contribution in [0.2, 0.25) is 0 Å². The van der Waals surface area contributed by atoms with Gasteiger partial charge in [0.15, 0.2) is 9.84 Å². The van der Waals surface area contributed by atoms with E-state index in [4.69, 9.17) is 0 Å². The molecule has 0 aromatic heterocycles. The Labute approximate surface area is 152 Å². The Morgan fingerprint density at radius 2 is 1.56 bits per heavy atom. The van der Waals surface area contributed by atoms with Gasteiger partial charge >= 0.3 is 0 Å². The van der Waals surface area contributed by atoms with Crippen molar-refractivity contribution in [3.05, 3.63) is 70.3 Å². The Morgan fingerprint density at radius 3 is 2.28 bits per heavy atom. The second-order valence-corrected chi connectivity index (χ2v) is 9.99. The molecule has 0 heterocycles. The summed E-state index contributed by atoms with van der Waals surface area (Å²) in [6.45, 7) is 3.48. The molecule has 0 fully saturated rings. The first-order valence-electron chi connectivity index (χ1n) is 9.35. The summed E-state index contributed by atoms with van der Waals surface area (Å²) in [4.78, 5) is 0. The van der Waals surface area contributed by atoms with Gasteiger partial charge in [-0.25, -0.2) is 8.42 Å². The monoisotopic (exact) mass is 356 g/mol. The Hall–Kier alpha value is -1.61. The highest BCUT2D eigenvalue weighted by Gasteiger charge is 2.16. The Kier molecular flexibility index (Phi) is 5.63. The fraction of sp³-hybridized carbons (Fsp3) is 0.455. The molecule has 2 nitrogen and oxygen atoms in total. The highest BCUT2D eigenvalue weighted by atomic mass is 32.2. The summed E-state index contributed by atoms with van der Waals surface area (Å²) in [5.41, 5.74) is 6.77. The van der Waals surface area contributed by atoms with Crippen molar-refractivity contribution in [2.45, 2.75) is 63.4 Å². The topological polar surface area (TPSA) is 34.1 Å². The highest BCUT2D eigenvalue weighted by molar-refractivity contribution is 7.91. The normalized spacial score (nSPS) is 14.5. The minimum absolute atomic E-state index is 0.136. The van der Waals surface area contributed by atoms with Crippen molar-refractivity contribution in [1.82, 2.24) is 0 Å². The quantitative estimate of drug-likeness (QED) is 0.753. The fourth-order valence-corrected chi connectivity index (χ4v) is 4.57. The van der Waals surface area contributed by atoms with Gasteiger partial charge in [-0.05, 0) is 80.2 Å². The van der Waals surface area contributed by atoms with Crippen LogP contribution in [0.15, 0.2) is 42.5 Å². The smallest absolute Gasteiger partial charge is 0.156 e. The zero-order valence-electron chi connectivity index (χ0n) is 15.3. The molecule has 0 spiro atoms. The van der Waals surface area contributed by atoms with Crippen LogP contribution in [0.3, 0.4) is 0 Å². The van der Waals surface area contributed by atoms with Crippen LogP contribution < -0.4 is 0 Å². The first-order valence-corrected chi connectivity index (χ1v) is 11.1. The lowest BCUT2D eigenvalue weighted by Crippen LogP contribution is -2.15. The molecule has 0 amide bonds. The number of hydrogen-bond donors (Lipinski definition) is 0. The van der Waals surface area contributed by atoms with Gasteiger partial charge in [0.1, 0.15) is 0 Å². The molecular weight excluding hydrogens is 328 g/mol. The molecule has 0 saturated carbocycles. The van der Waals surface area contributed by atoms with Gasteiger partial charge in [0.25, 0.3) is 0 Å². The van der Waals surface area contributed by atoms with Gasteiger partial charge in [0.05, 0.1) is 11.0 Å². The Bertz CT molecular complexity index is 818. The molecule has 0 atom stereocenters. The minimum atomic E-state index is -3.03. The van der Waals surface area contributed by atoms with Gasteiger partial charge in [-0.3, -0.25) is 0 Å². The molecule has 0 aliphatic heterocycles. The molecule has 1 aliphatic rings. The van der Waals surface area contributed by atoms with Gasteiger partial charge in [-0.15, -0.1) is 0 Å². The van der Waals surface area contributed by atoms with Crippen LogP contribution in [-0.4, -0.2) is 13.7 Å². The van der Waals surface area contributed by atoms with Crippen LogP contribution >= 0.6 is 0 Å². The van der Waals surface area contributed by atoms with Crippen molar-refractivity contribution in [1.29, 1.82) is 0 Å². The zero-order valence-corrected chi connectivity index (χ0v) is 16.1. The van der Waals surface area contributed by atoms with Crippen LogP contribution in [0.4, 0.5) is 0 Å². The number of fused-ring (bicyclic) bond motifs is 1. The van der Waals surface area contributed by atoms with E-state index in [1.54, 1.807) is 19.4 Å². The van der Waals surface area contributed by atoms with Crippen LogP contribution in [0.1, 0.15) is 54.5 Å². The van der Waals surface area contributed by atoms with Crippen LogP contribution in [0, 0.1) is 0 Å². The summed E-state index contributed by atoms with van der Waals surface area (Å²) in [6, 6.07) is 14.8. The van der Waals surface area contributed by atoms with E-state index in [9.17, 15) is 8.42 Å². The van der Waals surface area contributed by atoms with Crippen molar-refractivity contribution < 1.29 is 8.42 Å². The number of aryl methyl sites for hydroxylation is 3. The van der Waals surface area contributed by atoms with Gasteiger partial charge in [-0.2, -0.15) is 0 Å². The van der Waals surface area contributed by atoms with Crippen LogP contribution in [-0.2, 0) is 41.3 Å². The third-order valence-electron chi connectivity index (χ3n) is 5.29. The molecule has 3 rings (SSSR count). The van der Waals surface area contributed by atoms with Gasteiger partial charge in [-0.1, -0.05) is 42.5 Å². The van der Waals surface area contributed by atoms with Crippen molar-refractivity contribution in [2.75, 3.05) is 0 Å². The minimum Gasteiger partial charge on any atom is -0.228 e. The van der Waals surface area contributed by atoms with Crippen molar-refractivity contribution in [2.24, 2.45) is 0 Å². The van der Waals surface area contributed by atoms with E-state index in [2.05, 4.69) is 30.3 Å². The molecule has 0 saturated heterocycles. The third-order valence-corrected chi connectivity index (χ3v) is 7.46. The highest BCUT2D eigenvalue weighted by Crippen LogP contribution is 2.25. The summed E-state index contributed by atoms with van der Waals surface area (Å²) in [5.74, 6) is 0.136. The summed E-state index contributed by atoms with van der Waals surface area (Å²) in [5, 5.41) is -0.323. The lowest BCUT2D eigenvalue weighted by molar-refractivity contribution is 0.586.